The van der Waals surface area contributed by atoms with Crippen LogP contribution in [0.2, 0.25) is 0 Å². The maximum atomic E-state index is 12.3. The van der Waals surface area contributed by atoms with Gasteiger partial charge in [-0.15, -0.1) is 6.58 Å². The van der Waals surface area contributed by atoms with Gasteiger partial charge in [0.15, 0.2) is 6.61 Å². The molecule has 126 valence electrons. The summed E-state index contributed by atoms with van der Waals surface area (Å²) in [6.07, 6.45) is 2.29. The Morgan fingerprint density at radius 2 is 2.04 bits per heavy atom. The Hall–Kier alpha value is -2.82. The van der Waals surface area contributed by atoms with Crippen LogP contribution in [0.4, 0.5) is 0 Å². The molecule has 5 nitrogen and oxygen atoms in total. The standard InChI is InChI=1S/C19H23N3O2/c1-4-10-22-14(2)11-17(15(22)3)18(23)13-24-21-19(20)12-16-8-6-5-7-9-16/h4-9,11H,1,10,12-13H2,2-3H3,(H2,20,21). The number of nitrogens with two attached hydrogens (primary N) is 1. The van der Waals surface area contributed by atoms with Gasteiger partial charge in [0, 0.05) is 29.9 Å². The van der Waals surface area contributed by atoms with Gasteiger partial charge in [-0.05, 0) is 25.5 Å². The molecule has 0 fully saturated rings. The van der Waals surface area contributed by atoms with E-state index in [2.05, 4.69) is 11.7 Å². The van der Waals surface area contributed by atoms with Gasteiger partial charge in [0.05, 0.1) is 0 Å². The molecule has 0 unspecified atom stereocenters. The van der Waals surface area contributed by atoms with Gasteiger partial charge < -0.3 is 15.1 Å². The Morgan fingerprint density at radius 3 is 2.71 bits per heavy atom. The molecule has 2 aromatic rings. The molecule has 2 rings (SSSR count). The van der Waals surface area contributed by atoms with Gasteiger partial charge in [-0.3, -0.25) is 4.79 Å². The van der Waals surface area contributed by atoms with Crippen molar-refractivity contribution in [2.45, 2.75) is 26.8 Å². The van der Waals surface area contributed by atoms with Gasteiger partial charge in [-0.2, -0.15) is 0 Å². The molecule has 0 radical (unpaired) electrons. The minimum absolute atomic E-state index is 0.116. The van der Waals surface area contributed by atoms with Crippen molar-refractivity contribution in [3.05, 3.63) is 71.6 Å². The highest BCUT2D eigenvalue weighted by atomic mass is 16.6. The van der Waals surface area contributed by atoms with Crippen LogP contribution in [0, 0.1) is 13.8 Å². The van der Waals surface area contributed by atoms with Crippen LogP contribution >= 0.6 is 0 Å². The van der Waals surface area contributed by atoms with Crippen molar-refractivity contribution >= 4 is 11.6 Å². The van der Waals surface area contributed by atoms with Crippen molar-refractivity contribution in [1.29, 1.82) is 0 Å². The van der Waals surface area contributed by atoms with Gasteiger partial charge in [-0.25, -0.2) is 0 Å². The lowest BCUT2D eigenvalue weighted by atomic mass is 10.1. The van der Waals surface area contributed by atoms with Crippen LogP contribution in [0.25, 0.3) is 0 Å². The molecular weight excluding hydrogens is 302 g/mol. The Balaban J connectivity index is 1.94. The van der Waals surface area contributed by atoms with Crippen LogP contribution in [0.15, 0.2) is 54.2 Å². The molecule has 2 N–H and O–H groups in total. The SMILES string of the molecule is C=CCn1c(C)cc(C(=O)CO/N=C(/N)Cc2ccccc2)c1C. The third-order valence-corrected chi connectivity index (χ3v) is 3.79. The fraction of sp³-hybridized carbons (Fsp3) is 0.263. The van der Waals surface area contributed by atoms with E-state index in [0.29, 0.717) is 24.4 Å². The zero-order chi connectivity index (χ0) is 17.5. The van der Waals surface area contributed by atoms with Crippen LogP contribution in [-0.2, 0) is 17.8 Å². The van der Waals surface area contributed by atoms with E-state index in [-0.39, 0.29) is 12.4 Å². The predicted octanol–water partition coefficient (Wildman–Crippen LogP) is 3.01. The van der Waals surface area contributed by atoms with Crippen LogP contribution in [0.1, 0.15) is 27.3 Å². The molecule has 0 saturated carbocycles. The van der Waals surface area contributed by atoms with Crippen molar-refractivity contribution in [2.24, 2.45) is 10.9 Å². The number of carbonyl (C=O) groups is 1. The van der Waals surface area contributed by atoms with Gasteiger partial charge in [-0.1, -0.05) is 41.6 Å². The topological polar surface area (TPSA) is 69.6 Å². The summed E-state index contributed by atoms with van der Waals surface area (Å²) >= 11 is 0. The van der Waals surface area contributed by atoms with Gasteiger partial charge >= 0.3 is 0 Å². The summed E-state index contributed by atoms with van der Waals surface area (Å²) in [5.41, 5.74) is 9.44. The molecule has 0 spiro atoms. The first kappa shape index (κ1) is 17.5. The Morgan fingerprint density at radius 1 is 1.33 bits per heavy atom. The van der Waals surface area contributed by atoms with Crippen LogP contribution in [-0.4, -0.2) is 22.8 Å². The normalized spacial score (nSPS) is 11.3. The maximum absolute atomic E-state index is 12.3. The molecule has 0 bridgehead atoms. The summed E-state index contributed by atoms with van der Waals surface area (Å²) in [5, 5.41) is 3.83. The summed E-state index contributed by atoms with van der Waals surface area (Å²) in [6.45, 7) is 8.15. The molecule has 0 amide bonds. The number of rotatable bonds is 8. The first-order valence-electron chi connectivity index (χ1n) is 7.82. The minimum atomic E-state index is -0.131. The molecule has 0 aliphatic rings. The van der Waals surface area contributed by atoms with Crippen LogP contribution in [0.3, 0.4) is 0 Å². The van der Waals surface area contributed by atoms with E-state index < -0.39 is 0 Å². The number of ketones is 1. The average Bonchev–Trinajstić information content (AvgIpc) is 2.84. The first-order valence-corrected chi connectivity index (χ1v) is 7.82. The van der Waals surface area contributed by atoms with E-state index in [0.717, 1.165) is 17.0 Å². The molecule has 1 aromatic carbocycles. The maximum Gasteiger partial charge on any atom is 0.204 e. The molecular formula is C19H23N3O2. The predicted molar refractivity (Wildman–Crippen MR) is 96.2 cm³/mol. The van der Waals surface area contributed by atoms with E-state index in [1.54, 1.807) is 6.08 Å². The molecule has 1 heterocycles. The second-order valence-electron chi connectivity index (χ2n) is 5.63. The molecule has 0 atom stereocenters. The molecule has 5 heteroatoms. The second kappa shape index (κ2) is 8.15. The number of oxime groups is 1. The molecule has 0 saturated heterocycles. The fourth-order valence-corrected chi connectivity index (χ4v) is 2.58. The van der Waals surface area contributed by atoms with Gasteiger partial charge in [0.2, 0.25) is 5.78 Å². The number of hydrogen-bond donors (Lipinski definition) is 1. The number of aromatic nitrogens is 1. The summed E-state index contributed by atoms with van der Waals surface area (Å²) in [7, 11) is 0. The lowest BCUT2D eigenvalue weighted by Crippen LogP contribution is -2.17. The zero-order valence-corrected chi connectivity index (χ0v) is 14.2. The smallest absolute Gasteiger partial charge is 0.204 e. The average molecular weight is 325 g/mol. The Labute approximate surface area is 142 Å². The van der Waals surface area contributed by atoms with E-state index in [1.165, 1.54) is 0 Å². The number of nitrogens with zero attached hydrogens (tertiary/aromatic N) is 2. The Bertz CT molecular complexity index is 745. The monoisotopic (exact) mass is 325 g/mol. The number of aryl methyl sites for hydroxylation is 1. The van der Waals surface area contributed by atoms with Gasteiger partial charge in [0.1, 0.15) is 5.84 Å². The Kier molecular flexibility index (Phi) is 5.95. The van der Waals surface area contributed by atoms with Crippen LogP contribution < -0.4 is 5.73 Å². The quantitative estimate of drug-likeness (QED) is 0.267. The highest BCUT2D eigenvalue weighted by molar-refractivity contribution is 5.98. The summed E-state index contributed by atoms with van der Waals surface area (Å²) in [4.78, 5) is 17.4. The zero-order valence-electron chi connectivity index (χ0n) is 14.2. The lowest BCUT2D eigenvalue weighted by Gasteiger charge is -2.06. The van der Waals surface area contributed by atoms with E-state index in [4.69, 9.17) is 10.6 Å². The first-order chi connectivity index (χ1) is 11.5. The fourth-order valence-electron chi connectivity index (χ4n) is 2.58. The highest BCUT2D eigenvalue weighted by Crippen LogP contribution is 2.16. The molecule has 1 aromatic heterocycles. The van der Waals surface area contributed by atoms with Crippen molar-refractivity contribution in [3.8, 4) is 0 Å². The largest absolute Gasteiger partial charge is 0.386 e. The van der Waals surface area contributed by atoms with Crippen LogP contribution in [0.5, 0.6) is 0 Å². The number of carbonyl (C=O) groups excluding carboxylic acids is 1. The number of allylic oxidation sites excluding steroid dienone is 1. The van der Waals surface area contributed by atoms with E-state index >= 15 is 0 Å². The third-order valence-electron chi connectivity index (χ3n) is 3.79. The van der Waals surface area contributed by atoms with E-state index in [9.17, 15) is 4.79 Å². The van der Waals surface area contributed by atoms with Crippen molar-refractivity contribution in [3.63, 3.8) is 0 Å². The number of hydrogen-bond acceptors (Lipinski definition) is 3. The van der Waals surface area contributed by atoms with Crippen molar-refractivity contribution in [2.75, 3.05) is 6.61 Å². The summed E-state index contributed by atoms with van der Waals surface area (Å²) in [6, 6.07) is 11.6. The van der Waals surface area contributed by atoms with Crippen molar-refractivity contribution < 1.29 is 9.63 Å². The number of amidine groups is 1. The molecule has 24 heavy (non-hydrogen) atoms. The number of benzene rings is 1. The minimum Gasteiger partial charge on any atom is -0.386 e. The summed E-state index contributed by atoms with van der Waals surface area (Å²) < 4.78 is 2.03. The molecule has 0 aliphatic heterocycles. The summed E-state index contributed by atoms with van der Waals surface area (Å²) in [5.74, 6) is 0.223. The molecule has 0 aliphatic carbocycles. The second-order valence-corrected chi connectivity index (χ2v) is 5.63. The van der Waals surface area contributed by atoms with E-state index in [1.807, 2.05) is 54.8 Å². The van der Waals surface area contributed by atoms with Crippen molar-refractivity contribution in [1.82, 2.24) is 4.57 Å². The third kappa shape index (κ3) is 4.35. The van der Waals surface area contributed by atoms with Gasteiger partial charge in [0.25, 0.3) is 0 Å². The lowest BCUT2D eigenvalue weighted by molar-refractivity contribution is 0.0774. The highest BCUT2D eigenvalue weighted by Gasteiger charge is 2.15. The number of Topliss-reactive ketones (excluding diaryl/α,β-unsaturated/α-hetero) is 1.